The molecule has 0 bridgehead atoms. The van der Waals surface area contributed by atoms with Gasteiger partial charge in [0.2, 0.25) is 0 Å². The molecule has 1 aromatic heterocycles. The van der Waals surface area contributed by atoms with E-state index in [2.05, 4.69) is 5.10 Å². The van der Waals surface area contributed by atoms with Crippen molar-refractivity contribution in [1.29, 1.82) is 0 Å². The number of aliphatic hydroxyl groups is 1. The highest BCUT2D eigenvalue weighted by molar-refractivity contribution is 6.31. The van der Waals surface area contributed by atoms with E-state index in [4.69, 9.17) is 11.6 Å². The van der Waals surface area contributed by atoms with E-state index >= 15 is 0 Å². The zero-order valence-corrected chi connectivity index (χ0v) is 10.4. The Balaban J connectivity index is 2.72. The molecule has 86 valence electrons. The predicted octanol–water partition coefficient (Wildman–Crippen LogP) is 2.34. The molecule has 0 aliphatic rings. The Bertz CT molecular complexity index is 323. The zero-order chi connectivity index (χ0) is 11.4. The summed E-state index contributed by atoms with van der Waals surface area (Å²) in [5.74, 6) is 0. The van der Waals surface area contributed by atoms with Gasteiger partial charge in [-0.2, -0.15) is 5.10 Å². The summed E-state index contributed by atoms with van der Waals surface area (Å²) in [5, 5.41) is 14.6. The van der Waals surface area contributed by atoms with E-state index in [1.54, 1.807) is 0 Å². The third-order valence-corrected chi connectivity index (χ3v) is 3.12. The van der Waals surface area contributed by atoms with Crippen molar-refractivity contribution in [2.45, 2.75) is 45.6 Å². The molecular weight excluding hydrogens is 212 g/mol. The van der Waals surface area contributed by atoms with E-state index in [1.807, 2.05) is 25.6 Å². The Morgan fingerprint density at radius 3 is 2.60 bits per heavy atom. The second-order valence-electron chi connectivity index (χ2n) is 3.79. The molecule has 1 rings (SSSR count). The monoisotopic (exact) mass is 230 g/mol. The Hall–Kier alpha value is -0.540. The maximum Gasteiger partial charge on any atom is 0.0849 e. The van der Waals surface area contributed by atoms with Gasteiger partial charge in [0.15, 0.2) is 0 Å². The van der Waals surface area contributed by atoms with Gasteiger partial charge in [0.1, 0.15) is 0 Å². The maximum atomic E-state index is 9.49. The largest absolute Gasteiger partial charge is 0.393 e. The molecule has 0 saturated heterocycles. The van der Waals surface area contributed by atoms with Crippen LogP contribution < -0.4 is 0 Å². The van der Waals surface area contributed by atoms with Crippen LogP contribution in [0.1, 0.15) is 38.1 Å². The van der Waals surface area contributed by atoms with E-state index in [9.17, 15) is 5.11 Å². The molecule has 0 amide bonds. The lowest BCUT2D eigenvalue weighted by atomic mass is 10.1. The van der Waals surface area contributed by atoms with Crippen molar-refractivity contribution in [2.24, 2.45) is 7.05 Å². The number of aliphatic hydroxyl groups excluding tert-OH is 1. The molecule has 0 aliphatic heterocycles. The smallest absolute Gasteiger partial charge is 0.0849 e. The van der Waals surface area contributed by atoms with Crippen LogP contribution in [0, 0.1) is 0 Å². The van der Waals surface area contributed by atoms with Crippen LogP contribution in [0.4, 0.5) is 0 Å². The van der Waals surface area contributed by atoms with Crippen molar-refractivity contribution in [3.63, 3.8) is 0 Å². The average molecular weight is 231 g/mol. The first-order valence-corrected chi connectivity index (χ1v) is 5.86. The Kier molecular flexibility index (Phi) is 4.61. The van der Waals surface area contributed by atoms with E-state index in [1.165, 1.54) is 0 Å². The normalized spacial score (nSPS) is 13.1. The minimum Gasteiger partial charge on any atom is -0.393 e. The number of rotatable bonds is 5. The minimum atomic E-state index is -0.235. The van der Waals surface area contributed by atoms with Gasteiger partial charge in [-0.15, -0.1) is 0 Å². The fraction of sp³-hybridized carbons (Fsp3) is 0.727. The number of nitrogens with zero attached hydrogens (tertiary/aromatic N) is 2. The van der Waals surface area contributed by atoms with Crippen LogP contribution in [0.25, 0.3) is 0 Å². The van der Waals surface area contributed by atoms with Crippen molar-refractivity contribution in [2.75, 3.05) is 0 Å². The van der Waals surface area contributed by atoms with Gasteiger partial charge in [0.25, 0.3) is 0 Å². The van der Waals surface area contributed by atoms with E-state index in [0.29, 0.717) is 0 Å². The number of hydrogen-bond acceptors (Lipinski definition) is 2. The third kappa shape index (κ3) is 2.95. The Labute approximate surface area is 96.1 Å². The SMILES string of the molecule is CCc1nn(C)c(CCC(O)CC)c1Cl. The second-order valence-corrected chi connectivity index (χ2v) is 4.16. The summed E-state index contributed by atoms with van der Waals surface area (Å²) >= 11 is 6.19. The van der Waals surface area contributed by atoms with Gasteiger partial charge in [-0.05, 0) is 25.7 Å². The Morgan fingerprint density at radius 2 is 2.13 bits per heavy atom. The van der Waals surface area contributed by atoms with Crippen LogP contribution in [0.3, 0.4) is 0 Å². The molecule has 4 heteroatoms. The minimum absolute atomic E-state index is 0.235. The fourth-order valence-electron chi connectivity index (χ4n) is 1.60. The summed E-state index contributed by atoms with van der Waals surface area (Å²) in [4.78, 5) is 0. The maximum absolute atomic E-state index is 9.49. The van der Waals surface area contributed by atoms with Crippen LogP contribution in [-0.4, -0.2) is 21.0 Å². The van der Waals surface area contributed by atoms with Gasteiger partial charge >= 0.3 is 0 Å². The number of aryl methyl sites for hydroxylation is 2. The summed E-state index contributed by atoms with van der Waals surface area (Å²) in [6.45, 7) is 4.02. The van der Waals surface area contributed by atoms with Crippen LogP contribution in [-0.2, 0) is 19.9 Å². The molecule has 1 aromatic rings. The topological polar surface area (TPSA) is 38.0 Å². The molecule has 15 heavy (non-hydrogen) atoms. The van der Waals surface area contributed by atoms with Crippen LogP contribution in [0.5, 0.6) is 0 Å². The molecule has 0 aliphatic carbocycles. The molecule has 1 atom stereocenters. The average Bonchev–Trinajstić information content (AvgIpc) is 2.51. The lowest BCUT2D eigenvalue weighted by Gasteiger charge is -2.07. The predicted molar refractivity (Wildman–Crippen MR) is 62.2 cm³/mol. The first-order chi connectivity index (χ1) is 7.10. The molecule has 0 saturated carbocycles. The fourth-order valence-corrected chi connectivity index (χ4v) is 1.99. The summed E-state index contributed by atoms with van der Waals surface area (Å²) in [5.41, 5.74) is 1.97. The summed E-state index contributed by atoms with van der Waals surface area (Å²) in [7, 11) is 1.90. The van der Waals surface area contributed by atoms with Gasteiger partial charge in [0.05, 0.1) is 22.5 Å². The molecule has 0 aromatic carbocycles. The first-order valence-electron chi connectivity index (χ1n) is 5.48. The van der Waals surface area contributed by atoms with Gasteiger partial charge in [-0.25, -0.2) is 0 Å². The second kappa shape index (κ2) is 5.52. The van der Waals surface area contributed by atoms with Gasteiger partial charge in [-0.1, -0.05) is 25.4 Å². The molecule has 1 unspecified atom stereocenters. The molecule has 3 nitrogen and oxygen atoms in total. The zero-order valence-electron chi connectivity index (χ0n) is 9.63. The molecule has 0 fully saturated rings. The van der Waals surface area contributed by atoms with Gasteiger partial charge in [0, 0.05) is 7.05 Å². The van der Waals surface area contributed by atoms with Crippen molar-refractivity contribution in [1.82, 2.24) is 9.78 Å². The van der Waals surface area contributed by atoms with E-state index < -0.39 is 0 Å². The molecule has 0 radical (unpaired) electrons. The molecule has 1 heterocycles. The quantitative estimate of drug-likeness (QED) is 0.843. The van der Waals surface area contributed by atoms with Gasteiger partial charge < -0.3 is 5.11 Å². The van der Waals surface area contributed by atoms with Crippen molar-refractivity contribution < 1.29 is 5.11 Å². The van der Waals surface area contributed by atoms with Crippen LogP contribution in [0.15, 0.2) is 0 Å². The highest BCUT2D eigenvalue weighted by Crippen LogP contribution is 2.22. The summed E-state index contributed by atoms with van der Waals surface area (Å²) in [6, 6.07) is 0. The summed E-state index contributed by atoms with van der Waals surface area (Å²) in [6.07, 6.45) is 2.94. The highest BCUT2D eigenvalue weighted by atomic mass is 35.5. The van der Waals surface area contributed by atoms with E-state index in [0.717, 1.165) is 42.1 Å². The van der Waals surface area contributed by atoms with Crippen molar-refractivity contribution in [3.05, 3.63) is 16.4 Å². The summed E-state index contributed by atoms with van der Waals surface area (Å²) < 4.78 is 1.82. The lowest BCUT2D eigenvalue weighted by Crippen LogP contribution is -2.08. The highest BCUT2D eigenvalue weighted by Gasteiger charge is 2.13. The molecular formula is C11H19ClN2O. The van der Waals surface area contributed by atoms with Gasteiger partial charge in [-0.3, -0.25) is 4.68 Å². The number of halogens is 1. The Morgan fingerprint density at radius 1 is 1.47 bits per heavy atom. The third-order valence-electron chi connectivity index (χ3n) is 2.69. The molecule has 1 N–H and O–H groups in total. The standard InChI is InChI=1S/C11H19ClN2O/c1-4-8(15)6-7-10-11(12)9(5-2)13-14(10)3/h8,15H,4-7H2,1-3H3. The number of aromatic nitrogens is 2. The van der Waals surface area contributed by atoms with Crippen LogP contribution >= 0.6 is 11.6 Å². The van der Waals surface area contributed by atoms with Crippen molar-refractivity contribution in [3.8, 4) is 0 Å². The first kappa shape index (κ1) is 12.5. The van der Waals surface area contributed by atoms with E-state index in [-0.39, 0.29) is 6.10 Å². The van der Waals surface area contributed by atoms with Crippen LogP contribution in [0.2, 0.25) is 5.02 Å². The molecule has 0 spiro atoms. The lowest BCUT2D eigenvalue weighted by molar-refractivity contribution is 0.160. The van der Waals surface area contributed by atoms with Crippen molar-refractivity contribution >= 4 is 11.6 Å². The number of hydrogen-bond donors (Lipinski definition) is 1.